The molecule has 0 bridgehead atoms. The molecule has 1 N–H and O–H groups in total. The van der Waals surface area contributed by atoms with E-state index in [0.717, 1.165) is 20.1 Å². The van der Waals surface area contributed by atoms with Crippen LogP contribution in [0.25, 0.3) is 10.1 Å². The van der Waals surface area contributed by atoms with Crippen LogP contribution in [0.15, 0.2) is 59.3 Å². The van der Waals surface area contributed by atoms with Crippen molar-refractivity contribution in [3.05, 3.63) is 64.9 Å². The molecule has 0 saturated carbocycles. The second kappa shape index (κ2) is 5.81. The maximum absolute atomic E-state index is 13.2. The maximum Gasteiger partial charge on any atom is 0.269 e. The van der Waals surface area contributed by atoms with Crippen LogP contribution < -0.4 is 4.90 Å². The van der Waals surface area contributed by atoms with Gasteiger partial charge in [0.15, 0.2) is 5.06 Å². The lowest BCUT2D eigenvalue weighted by Gasteiger charge is -2.19. The van der Waals surface area contributed by atoms with Gasteiger partial charge in [-0.15, -0.1) is 22.7 Å². The van der Waals surface area contributed by atoms with Crippen LogP contribution in [-0.4, -0.2) is 11.0 Å². The minimum atomic E-state index is -0.204. The number of anilines is 2. The first-order chi connectivity index (χ1) is 11.3. The molecule has 0 aliphatic heterocycles. The average molecular weight is 357 g/mol. The van der Waals surface area contributed by atoms with Crippen LogP contribution in [0.3, 0.4) is 0 Å². The van der Waals surface area contributed by atoms with Crippen molar-refractivity contribution in [2.24, 2.45) is 0 Å². The van der Waals surface area contributed by atoms with E-state index in [1.165, 1.54) is 34.0 Å². The van der Waals surface area contributed by atoms with Crippen LogP contribution in [0.1, 0.15) is 10.4 Å². The zero-order valence-electron chi connectivity index (χ0n) is 11.8. The first-order valence-corrected chi connectivity index (χ1v) is 9.45. The summed E-state index contributed by atoms with van der Waals surface area (Å²) in [4.78, 5) is 14.9. The molecule has 114 valence electrons. The summed E-state index contributed by atoms with van der Waals surface area (Å²) in [5, 5.41) is 16.7. The van der Waals surface area contributed by atoms with Crippen molar-refractivity contribution in [2.75, 3.05) is 4.90 Å². The Hall–Kier alpha value is -2.15. The monoisotopic (exact) mass is 357 g/mol. The van der Waals surface area contributed by atoms with E-state index in [1.54, 1.807) is 4.90 Å². The highest BCUT2D eigenvalue weighted by atomic mass is 32.1. The van der Waals surface area contributed by atoms with E-state index in [2.05, 4.69) is 0 Å². The number of rotatable bonds is 3. The van der Waals surface area contributed by atoms with Crippen molar-refractivity contribution < 1.29 is 9.90 Å². The molecule has 4 rings (SSSR count). The number of fused-ring (bicyclic) bond motifs is 1. The first kappa shape index (κ1) is 14.4. The van der Waals surface area contributed by atoms with Gasteiger partial charge in [-0.3, -0.25) is 9.69 Å². The SMILES string of the molecule is O=C(c1c(O)sc2ccccc12)N(c1cccs1)c1cccs1. The molecule has 0 radical (unpaired) electrons. The fourth-order valence-electron chi connectivity index (χ4n) is 2.45. The van der Waals surface area contributed by atoms with Crippen LogP contribution in [0.5, 0.6) is 5.06 Å². The zero-order chi connectivity index (χ0) is 15.8. The van der Waals surface area contributed by atoms with Crippen LogP contribution in [0.4, 0.5) is 10.0 Å². The number of carbonyl (C=O) groups excluding carboxylic acids is 1. The molecule has 0 aliphatic carbocycles. The molecule has 1 amide bonds. The van der Waals surface area contributed by atoms with Gasteiger partial charge in [-0.2, -0.15) is 0 Å². The van der Waals surface area contributed by atoms with Gasteiger partial charge in [0.25, 0.3) is 5.91 Å². The van der Waals surface area contributed by atoms with Crippen molar-refractivity contribution in [3.8, 4) is 5.06 Å². The third-order valence-electron chi connectivity index (χ3n) is 3.45. The Morgan fingerprint density at radius 3 is 2.17 bits per heavy atom. The fourth-order valence-corrected chi connectivity index (χ4v) is 4.93. The lowest BCUT2D eigenvalue weighted by atomic mass is 10.1. The lowest BCUT2D eigenvalue weighted by Crippen LogP contribution is -2.24. The summed E-state index contributed by atoms with van der Waals surface area (Å²) in [6.45, 7) is 0. The largest absolute Gasteiger partial charge is 0.499 e. The van der Waals surface area contributed by atoms with Crippen LogP contribution in [0.2, 0.25) is 0 Å². The molecule has 0 atom stereocenters. The molecule has 3 heterocycles. The van der Waals surface area contributed by atoms with Gasteiger partial charge in [0, 0.05) is 10.1 Å². The Balaban J connectivity index is 1.89. The normalized spacial score (nSPS) is 11.0. The highest BCUT2D eigenvalue weighted by molar-refractivity contribution is 7.21. The molecular weight excluding hydrogens is 346 g/mol. The van der Waals surface area contributed by atoms with Gasteiger partial charge in [-0.25, -0.2) is 0 Å². The van der Waals surface area contributed by atoms with Gasteiger partial charge in [-0.05, 0) is 41.1 Å². The Morgan fingerprint density at radius 2 is 1.57 bits per heavy atom. The number of hydrogen-bond acceptors (Lipinski definition) is 5. The molecule has 0 spiro atoms. The first-order valence-electron chi connectivity index (χ1n) is 6.87. The number of carbonyl (C=O) groups is 1. The van der Waals surface area contributed by atoms with Crippen molar-refractivity contribution >= 4 is 60.0 Å². The zero-order valence-corrected chi connectivity index (χ0v) is 14.3. The Kier molecular flexibility index (Phi) is 3.65. The number of aromatic hydroxyl groups is 1. The lowest BCUT2D eigenvalue weighted by molar-refractivity contribution is 0.1000. The predicted octanol–water partition coefficient (Wildman–Crippen LogP) is 5.71. The predicted molar refractivity (Wildman–Crippen MR) is 98.6 cm³/mol. The molecular formula is C17H11NO2S3. The minimum Gasteiger partial charge on any atom is -0.499 e. The second-order valence-electron chi connectivity index (χ2n) is 4.82. The van der Waals surface area contributed by atoms with Gasteiger partial charge in [0.2, 0.25) is 0 Å². The summed E-state index contributed by atoms with van der Waals surface area (Å²) in [5.41, 5.74) is 0.368. The molecule has 0 fully saturated rings. The highest BCUT2D eigenvalue weighted by Gasteiger charge is 2.27. The number of amides is 1. The summed E-state index contributed by atoms with van der Waals surface area (Å²) < 4.78 is 0.908. The van der Waals surface area contributed by atoms with Crippen molar-refractivity contribution in [1.29, 1.82) is 0 Å². The van der Waals surface area contributed by atoms with Gasteiger partial charge < -0.3 is 5.11 Å². The third-order valence-corrected chi connectivity index (χ3v) is 6.13. The molecule has 1 aromatic carbocycles. The van der Waals surface area contributed by atoms with E-state index < -0.39 is 0 Å². The summed E-state index contributed by atoms with van der Waals surface area (Å²) in [6.07, 6.45) is 0. The highest BCUT2D eigenvalue weighted by Crippen LogP contribution is 2.41. The molecule has 0 saturated heterocycles. The van der Waals surface area contributed by atoms with E-state index in [4.69, 9.17) is 0 Å². The summed E-state index contributed by atoms with van der Waals surface area (Å²) in [7, 11) is 0. The number of hydrogen-bond donors (Lipinski definition) is 1. The minimum absolute atomic E-state index is 0.0642. The molecule has 4 aromatic rings. The van der Waals surface area contributed by atoms with E-state index in [1.807, 2.05) is 59.3 Å². The average Bonchev–Trinajstić information content (AvgIpc) is 3.27. The van der Waals surface area contributed by atoms with Gasteiger partial charge in [-0.1, -0.05) is 29.5 Å². The topological polar surface area (TPSA) is 40.5 Å². The molecule has 23 heavy (non-hydrogen) atoms. The number of benzene rings is 1. The van der Waals surface area contributed by atoms with Crippen molar-refractivity contribution in [2.45, 2.75) is 0 Å². The van der Waals surface area contributed by atoms with Crippen LogP contribution in [0, 0.1) is 0 Å². The van der Waals surface area contributed by atoms with Gasteiger partial charge >= 0.3 is 0 Å². The molecule has 3 aromatic heterocycles. The molecule has 3 nitrogen and oxygen atoms in total. The Morgan fingerprint density at radius 1 is 0.913 bits per heavy atom. The summed E-state index contributed by atoms with van der Waals surface area (Å²) in [5.74, 6) is -0.204. The quantitative estimate of drug-likeness (QED) is 0.510. The van der Waals surface area contributed by atoms with E-state index in [-0.39, 0.29) is 11.0 Å². The smallest absolute Gasteiger partial charge is 0.269 e. The van der Waals surface area contributed by atoms with Crippen molar-refractivity contribution in [1.82, 2.24) is 0 Å². The van der Waals surface area contributed by atoms with Gasteiger partial charge in [0.05, 0.1) is 0 Å². The van der Waals surface area contributed by atoms with E-state index >= 15 is 0 Å². The Labute approximate surface area is 144 Å². The summed E-state index contributed by atoms with van der Waals surface area (Å²) >= 11 is 4.23. The number of nitrogens with zero attached hydrogens (tertiary/aromatic N) is 1. The number of thiophene rings is 3. The maximum atomic E-state index is 13.2. The standard InChI is InChI=1S/C17H11NO2S3/c19-16(15-11-5-1-2-6-12(11)23-17(15)20)18(13-7-3-9-21-13)14-8-4-10-22-14/h1-10,20H. The van der Waals surface area contributed by atoms with E-state index in [0.29, 0.717) is 5.56 Å². The third kappa shape index (κ3) is 2.45. The Bertz CT molecular complexity index is 921. The molecule has 6 heteroatoms. The van der Waals surface area contributed by atoms with Crippen molar-refractivity contribution in [3.63, 3.8) is 0 Å². The molecule has 0 unspecified atom stereocenters. The molecule has 0 aliphatic rings. The van der Waals surface area contributed by atoms with Gasteiger partial charge in [0.1, 0.15) is 15.6 Å². The summed E-state index contributed by atoms with van der Waals surface area (Å²) in [6, 6.07) is 15.2. The van der Waals surface area contributed by atoms with Crippen LogP contribution >= 0.6 is 34.0 Å². The van der Waals surface area contributed by atoms with Crippen LogP contribution in [-0.2, 0) is 0 Å². The fraction of sp³-hybridized carbons (Fsp3) is 0. The van der Waals surface area contributed by atoms with E-state index in [9.17, 15) is 9.90 Å². The second-order valence-corrected chi connectivity index (χ2v) is 7.70.